The number of likely N-dealkylation sites (N-methyl/N-ethyl adjacent to an activating group) is 1. The second-order valence-corrected chi connectivity index (χ2v) is 8.67. The van der Waals surface area contributed by atoms with Gasteiger partial charge in [-0.15, -0.1) is 0 Å². The standard InChI is InChI=1S/C28H28ClN3O3/c1-19-24(27(33)32(3)16-8-12-21-10-5-4-6-11-21)26(22-13-7-14-23(29)18-22)25(20(2)31-19)28(34)35-17-9-15-30/h4-8,10-14,18,26,31H,9,16-17H2,1-3H3/b12-8+. The van der Waals surface area contributed by atoms with Crippen LogP contribution in [0, 0.1) is 11.3 Å². The molecule has 35 heavy (non-hydrogen) atoms. The summed E-state index contributed by atoms with van der Waals surface area (Å²) in [6.45, 7) is 3.96. The Morgan fingerprint density at radius 1 is 1.11 bits per heavy atom. The minimum atomic E-state index is -0.669. The Bertz CT molecular complexity index is 1230. The molecular weight excluding hydrogens is 462 g/mol. The van der Waals surface area contributed by atoms with Crippen molar-refractivity contribution in [2.75, 3.05) is 20.2 Å². The van der Waals surface area contributed by atoms with Crippen LogP contribution in [0.25, 0.3) is 6.08 Å². The second-order valence-electron chi connectivity index (χ2n) is 8.23. The maximum absolute atomic E-state index is 13.7. The summed E-state index contributed by atoms with van der Waals surface area (Å²) in [5.74, 6) is -1.45. The Kier molecular flexibility index (Phi) is 8.88. The summed E-state index contributed by atoms with van der Waals surface area (Å²) < 4.78 is 5.36. The predicted molar refractivity (Wildman–Crippen MR) is 137 cm³/mol. The average Bonchev–Trinajstić information content (AvgIpc) is 2.84. The number of halogens is 1. The first-order valence-electron chi connectivity index (χ1n) is 11.3. The summed E-state index contributed by atoms with van der Waals surface area (Å²) >= 11 is 6.28. The molecule has 0 fully saturated rings. The molecule has 3 rings (SSSR count). The lowest BCUT2D eigenvalue weighted by Crippen LogP contribution is -2.37. The number of hydrogen-bond donors (Lipinski definition) is 1. The third-order valence-electron chi connectivity index (χ3n) is 5.68. The zero-order valence-electron chi connectivity index (χ0n) is 20.0. The van der Waals surface area contributed by atoms with Crippen LogP contribution in [-0.2, 0) is 14.3 Å². The van der Waals surface area contributed by atoms with Crippen molar-refractivity contribution in [3.05, 3.63) is 99.4 Å². The molecule has 1 aliphatic heterocycles. The Balaban J connectivity index is 1.95. The van der Waals surface area contributed by atoms with Gasteiger partial charge in [0.1, 0.15) is 6.61 Å². The molecule has 0 spiro atoms. The van der Waals surface area contributed by atoms with Gasteiger partial charge in [0, 0.05) is 35.6 Å². The molecule has 2 aromatic carbocycles. The fourth-order valence-electron chi connectivity index (χ4n) is 4.03. The molecule has 6 nitrogen and oxygen atoms in total. The first kappa shape index (κ1) is 25.8. The summed E-state index contributed by atoms with van der Waals surface area (Å²) in [5.41, 5.74) is 3.78. The van der Waals surface area contributed by atoms with Gasteiger partial charge in [0.15, 0.2) is 0 Å². The van der Waals surface area contributed by atoms with Gasteiger partial charge in [-0.1, -0.05) is 66.2 Å². The van der Waals surface area contributed by atoms with E-state index in [1.807, 2.05) is 61.5 Å². The molecule has 7 heteroatoms. The molecule has 1 amide bonds. The van der Waals surface area contributed by atoms with Crippen LogP contribution in [0.3, 0.4) is 0 Å². The highest BCUT2D eigenvalue weighted by atomic mass is 35.5. The summed E-state index contributed by atoms with van der Waals surface area (Å²) in [4.78, 5) is 28.4. The number of rotatable bonds is 8. The fourth-order valence-corrected chi connectivity index (χ4v) is 4.23. The maximum atomic E-state index is 13.7. The quantitative estimate of drug-likeness (QED) is 0.407. The Morgan fingerprint density at radius 2 is 1.83 bits per heavy atom. The zero-order valence-corrected chi connectivity index (χ0v) is 20.8. The highest BCUT2D eigenvalue weighted by Gasteiger charge is 2.38. The van der Waals surface area contributed by atoms with E-state index in [0.717, 1.165) is 5.56 Å². The number of nitriles is 1. The monoisotopic (exact) mass is 489 g/mol. The van der Waals surface area contributed by atoms with E-state index in [2.05, 4.69) is 5.32 Å². The molecule has 1 aliphatic rings. The molecule has 1 N–H and O–H groups in total. The number of carbonyl (C=O) groups excluding carboxylic acids is 2. The van der Waals surface area contributed by atoms with E-state index in [0.29, 0.717) is 39.7 Å². The van der Waals surface area contributed by atoms with E-state index < -0.39 is 11.9 Å². The van der Waals surface area contributed by atoms with Crippen LogP contribution in [0.1, 0.15) is 37.3 Å². The van der Waals surface area contributed by atoms with Gasteiger partial charge in [-0.2, -0.15) is 5.26 Å². The van der Waals surface area contributed by atoms with Gasteiger partial charge < -0.3 is 15.0 Å². The fraction of sp³-hybridized carbons (Fsp3) is 0.250. The lowest BCUT2D eigenvalue weighted by Gasteiger charge is -2.32. The molecule has 180 valence electrons. The van der Waals surface area contributed by atoms with Crippen LogP contribution >= 0.6 is 11.6 Å². The van der Waals surface area contributed by atoms with Crippen LogP contribution in [0.5, 0.6) is 0 Å². The molecule has 0 aromatic heterocycles. The van der Waals surface area contributed by atoms with Crippen molar-refractivity contribution in [3.8, 4) is 6.07 Å². The van der Waals surface area contributed by atoms with E-state index >= 15 is 0 Å². The molecule has 0 saturated heterocycles. The third-order valence-corrected chi connectivity index (χ3v) is 5.91. The first-order valence-corrected chi connectivity index (χ1v) is 11.7. The lowest BCUT2D eigenvalue weighted by atomic mass is 9.80. The van der Waals surface area contributed by atoms with Crippen molar-refractivity contribution in [2.24, 2.45) is 0 Å². The number of carbonyl (C=O) groups is 2. The Labute approximate surface area is 211 Å². The van der Waals surface area contributed by atoms with E-state index in [4.69, 9.17) is 21.6 Å². The highest BCUT2D eigenvalue weighted by molar-refractivity contribution is 6.30. The van der Waals surface area contributed by atoms with E-state index in [1.165, 1.54) is 0 Å². The topological polar surface area (TPSA) is 82.4 Å². The molecule has 0 radical (unpaired) electrons. The van der Waals surface area contributed by atoms with Crippen molar-refractivity contribution in [1.29, 1.82) is 5.26 Å². The van der Waals surface area contributed by atoms with Gasteiger partial charge in [0.25, 0.3) is 5.91 Å². The van der Waals surface area contributed by atoms with Gasteiger partial charge in [0.05, 0.1) is 24.0 Å². The molecule has 0 bridgehead atoms. The highest BCUT2D eigenvalue weighted by Crippen LogP contribution is 2.40. The second kappa shape index (κ2) is 12.0. The van der Waals surface area contributed by atoms with Gasteiger partial charge in [-0.05, 0) is 37.1 Å². The summed E-state index contributed by atoms with van der Waals surface area (Å²) in [6, 6.07) is 18.9. The number of benzene rings is 2. The molecule has 2 aromatic rings. The Hall–Kier alpha value is -3.82. The molecule has 0 aliphatic carbocycles. The van der Waals surface area contributed by atoms with Crippen LogP contribution in [0.4, 0.5) is 0 Å². The smallest absolute Gasteiger partial charge is 0.336 e. The van der Waals surface area contributed by atoms with Crippen LogP contribution < -0.4 is 5.32 Å². The van der Waals surface area contributed by atoms with Crippen molar-refractivity contribution < 1.29 is 14.3 Å². The number of allylic oxidation sites excluding steroid dienone is 2. The molecule has 1 heterocycles. The van der Waals surface area contributed by atoms with E-state index in [1.54, 1.807) is 37.1 Å². The molecule has 0 saturated carbocycles. The normalized spacial score (nSPS) is 15.6. The number of esters is 1. The minimum Gasteiger partial charge on any atom is -0.461 e. The van der Waals surface area contributed by atoms with E-state index in [-0.39, 0.29) is 18.9 Å². The van der Waals surface area contributed by atoms with Crippen LogP contribution in [0.15, 0.2) is 83.2 Å². The number of nitrogens with zero attached hydrogens (tertiary/aromatic N) is 2. The lowest BCUT2D eigenvalue weighted by molar-refractivity contribution is -0.139. The largest absolute Gasteiger partial charge is 0.461 e. The first-order chi connectivity index (χ1) is 16.8. The summed E-state index contributed by atoms with van der Waals surface area (Å²) in [6.07, 6.45) is 3.97. The van der Waals surface area contributed by atoms with E-state index in [9.17, 15) is 9.59 Å². The molecule has 1 atom stereocenters. The van der Waals surface area contributed by atoms with Gasteiger partial charge in [-0.3, -0.25) is 4.79 Å². The number of hydrogen-bond acceptors (Lipinski definition) is 5. The number of dihydropyridines is 1. The summed E-state index contributed by atoms with van der Waals surface area (Å²) in [5, 5.41) is 12.5. The predicted octanol–water partition coefficient (Wildman–Crippen LogP) is 5.20. The SMILES string of the molecule is CC1=C(C(=O)OCCC#N)C(c2cccc(Cl)c2)C(C(=O)N(C)C/C=C/c2ccccc2)=C(C)N1. The van der Waals surface area contributed by atoms with Crippen molar-refractivity contribution in [3.63, 3.8) is 0 Å². The Morgan fingerprint density at radius 3 is 2.51 bits per heavy atom. The molecule has 1 unspecified atom stereocenters. The summed E-state index contributed by atoms with van der Waals surface area (Å²) in [7, 11) is 1.73. The van der Waals surface area contributed by atoms with Gasteiger partial charge in [-0.25, -0.2) is 4.79 Å². The third kappa shape index (κ3) is 6.40. The average molecular weight is 490 g/mol. The number of amides is 1. The number of nitrogens with one attached hydrogen (secondary N) is 1. The van der Waals surface area contributed by atoms with Gasteiger partial charge >= 0.3 is 5.97 Å². The van der Waals surface area contributed by atoms with Crippen LogP contribution in [-0.4, -0.2) is 37.0 Å². The van der Waals surface area contributed by atoms with Crippen LogP contribution in [0.2, 0.25) is 5.02 Å². The van der Waals surface area contributed by atoms with Crippen molar-refractivity contribution in [2.45, 2.75) is 26.2 Å². The number of ether oxygens (including phenoxy) is 1. The maximum Gasteiger partial charge on any atom is 0.336 e. The molecular formula is C28H28ClN3O3. The minimum absolute atomic E-state index is 0.0233. The zero-order chi connectivity index (χ0) is 25.4. The van der Waals surface area contributed by atoms with Crippen molar-refractivity contribution in [1.82, 2.24) is 10.2 Å². The van der Waals surface area contributed by atoms with Crippen molar-refractivity contribution >= 4 is 29.6 Å². The van der Waals surface area contributed by atoms with Gasteiger partial charge in [0.2, 0.25) is 0 Å².